The summed E-state index contributed by atoms with van der Waals surface area (Å²) in [6.45, 7) is 0. The van der Waals surface area contributed by atoms with Crippen LogP contribution in [0.2, 0.25) is 0 Å². The lowest BCUT2D eigenvalue weighted by Crippen LogP contribution is -2.18. The van der Waals surface area contributed by atoms with Crippen molar-refractivity contribution in [2.75, 3.05) is 0 Å². The standard InChI is InChI=1S/C18H21N5O3/c24-17(4-2-1-3-5-18(25)23-26)22-21-10-14-6-8-15(9-7-14)16-11-19-13-20-12-16/h6-13,26H,1-5H2,(H,22,24)(H,23,25)/b21-10+. The fraction of sp³-hybridized carbons (Fsp3) is 0.278. The zero-order valence-corrected chi connectivity index (χ0v) is 14.3. The van der Waals surface area contributed by atoms with E-state index in [1.807, 2.05) is 24.3 Å². The highest BCUT2D eigenvalue weighted by atomic mass is 16.5. The summed E-state index contributed by atoms with van der Waals surface area (Å²) in [5, 5.41) is 12.3. The highest BCUT2D eigenvalue weighted by Crippen LogP contribution is 2.16. The van der Waals surface area contributed by atoms with Crippen molar-refractivity contribution < 1.29 is 14.8 Å². The van der Waals surface area contributed by atoms with Crippen LogP contribution in [0.1, 0.15) is 37.7 Å². The predicted octanol–water partition coefficient (Wildman–Crippen LogP) is 2.05. The monoisotopic (exact) mass is 355 g/mol. The Hall–Kier alpha value is -3.13. The molecule has 2 aromatic rings. The zero-order chi connectivity index (χ0) is 18.6. The van der Waals surface area contributed by atoms with Gasteiger partial charge in [-0.2, -0.15) is 5.10 Å². The molecule has 0 aliphatic heterocycles. The van der Waals surface area contributed by atoms with Gasteiger partial charge in [0.2, 0.25) is 11.8 Å². The van der Waals surface area contributed by atoms with E-state index in [2.05, 4.69) is 20.5 Å². The van der Waals surface area contributed by atoms with Gasteiger partial charge in [-0.25, -0.2) is 20.9 Å². The molecule has 2 rings (SSSR count). The lowest BCUT2D eigenvalue weighted by atomic mass is 10.1. The highest BCUT2D eigenvalue weighted by Gasteiger charge is 2.02. The molecule has 8 heteroatoms. The zero-order valence-electron chi connectivity index (χ0n) is 14.3. The average molecular weight is 355 g/mol. The third-order valence-corrected chi connectivity index (χ3v) is 3.64. The maximum absolute atomic E-state index is 11.7. The van der Waals surface area contributed by atoms with Crippen molar-refractivity contribution in [3.8, 4) is 11.1 Å². The van der Waals surface area contributed by atoms with Crippen LogP contribution in [-0.4, -0.2) is 33.2 Å². The molecule has 1 aromatic carbocycles. The molecule has 8 nitrogen and oxygen atoms in total. The number of rotatable bonds is 9. The number of benzene rings is 1. The summed E-state index contributed by atoms with van der Waals surface area (Å²) in [4.78, 5) is 30.5. The first-order chi connectivity index (χ1) is 12.7. The molecular weight excluding hydrogens is 334 g/mol. The van der Waals surface area contributed by atoms with Gasteiger partial charge in [-0.1, -0.05) is 30.7 Å². The maximum Gasteiger partial charge on any atom is 0.243 e. The predicted molar refractivity (Wildman–Crippen MR) is 96.2 cm³/mol. The van der Waals surface area contributed by atoms with E-state index in [9.17, 15) is 9.59 Å². The first-order valence-corrected chi connectivity index (χ1v) is 8.29. The van der Waals surface area contributed by atoms with Crippen LogP contribution in [-0.2, 0) is 9.59 Å². The summed E-state index contributed by atoms with van der Waals surface area (Å²) >= 11 is 0. The van der Waals surface area contributed by atoms with E-state index in [1.54, 1.807) is 24.1 Å². The largest absolute Gasteiger partial charge is 0.289 e. The Kier molecular flexibility index (Phi) is 7.88. The van der Waals surface area contributed by atoms with E-state index in [0.717, 1.165) is 23.1 Å². The molecule has 0 saturated carbocycles. The second kappa shape index (κ2) is 10.7. The number of nitrogens with zero attached hydrogens (tertiary/aromatic N) is 3. The van der Waals surface area contributed by atoms with Gasteiger partial charge in [0.25, 0.3) is 0 Å². The summed E-state index contributed by atoms with van der Waals surface area (Å²) in [5.41, 5.74) is 6.85. The lowest BCUT2D eigenvalue weighted by molar-refractivity contribution is -0.129. The molecule has 0 radical (unpaired) electrons. The molecule has 2 amide bonds. The Morgan fingerprint density at radius 3 is 2.27 bits per heavy atom. The van der Waals surface area contributed by atoms with Crippen molar-refractivity contribution in [1.82, 2.24) is 20.9 Å². The summed E-state index contributed by atoms with van der Waals surface area (Å²) in [6.07, 6.45) is 9.16. The average Bonchev–Trinajstić information content (AvgIpc) is 2.68. The SMILES string of the molecule is O=C(CCCCCC(=O)N/N=C/c1ccc(-c2cncnc2)cc1)NO. The second-order valence-electron chi connectivity index (χ2n) is 5.64. The van der Waals surface area contributed by atoms with Gasteiger partial charge in [0.1, 0.15) is 6.33 Å². The number of hydrazone groups is 1. The van der Waals surface area contributed by atoms with Crippen LogP contribution in [0.5, 0.6) is 0 Å². The number of hydrogen-bond acceptors (Lipinski definition) is 6. The molecule has 136 valence electrons. The molecule has 0 aliphatic carbocycles. The number of unbranched alkanes of at least 4 members (excludes halogenated alkanes) is 2. The summed E-state index contributed by atoms with van der Waals surface area (Å²) in [5.74, 6) is -0.587. The van der Waals surface area contributed by atoms with Gasteiger partial charge in [-0.3, -0.25) is 14.8 Å². The van der Waals surface area contributed by atoms with E-state index in [1.165, 1.54) is 6.33 Å². The van der Waals surface area contributed by atoms with Crippen molar-refractivity contribution in [2.45, 2.75) is 32.1 Å². The Morgan fingerprint density at radius 1 is 0.962 bits per heavy atom. The van der Waals surface area contributed by atoms with Crippen molar-refractivity contribution in [2.24, 2.45) is 5.10 Å². The molecule has 1 aromatic heterocycles. The fourth-order valence-corrected chi connectivity index (χ4v) is 2.25. The quantitative estimate of drug-likeness (QED) is 0.275. The van der Waals surface area contributed by atoms with Gasteiger partial charge in [0, 0.05) is 30.8 Å². The van der Waals surface area contributed by atoms with Crippen molar-refractivity contribution >= 4 is 18.0 Å². The summed E-state index contributed by atoms with van der Waals surface area (Å²) in [7, 11) is 0. The van der Waals surface area contributed by atoms with Crippen LogP contribution in [0.15, 0.2) is 48.1 Å². The van der Waals surface area contributed by atoms with Gasteiger partial charge in [-0.15, -0.1) is 0 Å². The fourth-order valence-electron chi connectivity index (χ4n) is 2.25. The minimum absolute atomic E-state index is 0.175. The van der Waals surface area contributed by atoms with E-state index in [-0.39, 0.29) is 12.3 Å². The second-order valence-corrected chi connectivity index (χ2v) is 5.64. The first-order valence-electron chi connectivity index (χ1n) is 8.29. The Labute approximate surface area is 151 Å². The van der Waals surface area contributed by atoms with Gasteiger partial charge < -0.3 is 0 Å². The molecule has 3 N–H and O–H groups in total. The van der Waals surface area contributed by atoms with Crippen molar-refractivity contribution in [3.63, 3.8) is 0 Å². The van der Waals surface area contributed by atoms with Crippen LogP contribution in [0.3, 0.4) is 0 Å². The number of hydroxylamine groups is 1. The van der Waals surface area contributed by atoms with Gasteiger partial charge in [0.05, 0.1) is 6.21 Å². The van der Waals surface area contributed by atoms with Crippen LogP contribution in [0, 0.1) is 0 Å². The number of carbonyl (C=O) groups excluding carboxylic acids is 2. The van der Waals surface area contributed by atoms with Crippen LogP contribution in [0.25, 0.3) is 11.1 Å². The third-order valence-electron chi connectivity index (χ3n) is 3.64. The molecule has 1 heterocycles. The topological polar surface area (TPSA) is 117 Å². The van der Waals surface area contributed by atoms with E-state index in [4.69, 9.17) is 5.21 Å². The van der Waals surface area contributed by atoms with E-state index >= 15 is 0 Å². The number of nitrogens with one attached hydrogen (secondary N) is 2. The van der Waals surface area contributed by atoms with Crippen molar-refractivity contribution in [1.29, 1.82) is 0 Å². The molecule has 0 spiro atoms. The molecule has 0 atom stereocenters. The minimum atomic E-state index is -0.412. The molecule has 0 unspecified atom stereocenters. The Morgan fingerprint density at radius 2 is 1.62 bits per heavy atom. The molecule has 0 fully saturated rings. The van der Waals surface area contributed by atoms with Gasteiger partial charge in [0.15, 0.2) is 0 Å². The van der Waals surface area contributed by atoms with Crippen molar-refractivity contribution in [3.05, 3.63) is 48.5 Å². The first kappa shape index (κ1) is 19.2. The molecule has 0 bridgehead atoms. The molecule has 0 aliphatic rings. The number of carbonyl (C=O) groups is 2. The Balaban J connectivity index is 1.69. The van der Waals surface area contributed by atoms with Crippen LogP contribution >= 0.6 is 0 Å². The van der Waals surface area contributed by atoms with Crippen LogP contribution < -0.4 is 10.9 Å². The normalized spacial score (nSPS) is 10.7. The molecule has 0 saturated heterocycles. The van der Waals surface area contributed by atoms with Gasteiger partial charge in [-0.05, 0) is 24.0 Å². The maximum atomic E-state index is 11.7. The van der Waals surface area contributed by atoms with E-state index < -0.39 is 5.91 Å². The third kappa shape index (κ3) is 6.78. The smallest absolute Gasteiger partial charge is 0.243 e. The number of amides is 2. The highest BCUT2D eigenvalue weighted by molar-refractivity contribution is 5.83. The Bertz CT molecular complexity index is 732. The molecular formula is C18H21N5O3. The molecule has 26 heavy (non-hydrogen) atoms. The van der Waals surface area contributed by atoms with Crippen LogP contribution in [0.4, 0.5) is 0 Å². The number of hydrogen-bond donors (Lipinski definition) is 3. The number of aromatic nitrogens is 2. The summed E-state index contributed by atoms with van der Waals surface area (Å²) in [6, 6.07) is 7.66. The lowest BCUT2D eigenvalue weighted by Gasteiger charge is -2.02. The summed E-state index contributed by atoms with van der Waals surface area (Å²) < 4.78 is 0. The van der Waals surface area contributed by atoms with E-state index in [0.29, 0.717) is 19.3 Å². The minimum Gasteiger partial charge on any atom is -0.289 e. The van der Waals surface area contributed by atoms with Gasteiger partial charge >= 0.3 is 0 Å².